The Labute approximate surface area is 203 Å². The van der Waals surface area contributed by atoms with Gasteiger partial charge < -0.3 is 19.7 Å². The molecule has 1 amide bonds. The number of aromatic amines is 1. The van der Waals surface area contributed by atoms with Crippen molar-refractivity contribution in [2.24, 2.45) is 0 Å². The van der Waals surface area contributed by atoms with E-state index in [-0.39, 0.29) is 6.10 Å². The molecule has 1 atom stereocenters. The summed E-state index contributed by atoms with van der Waals surface area (Å²) >= 11 is 1.53. The molecule has 3 heterocycles. The zero-order valence-corrected chi connectivity index (χ0v) is 20.0. The first kappa shape index (κ1) is 23.2. The number of rotatable bonds is 7. The lowest BCUT2D eigenvalue weighted by atomic mass is 9.94. The Bertz CT molecular complexity index is 1370. The van der Waals surface area contributed by atoms with Gasteiger partial charge in [0.25, 0.3) is 6.43 Å². The maximum absolute atomic E-state index is 12.6. The molecule has 3 aromatic heterocycles. The summed E-state index contributed by atoms with van der Waals surface area (Å²) in [7, 11) is 1.31. The average Bonchev–Trinajstić information content (AvgIpc) is 3.42. The predicted molar refractivity (Wildman–Crippen MR) is 129 cm³/mol. The van der Waals surface area contributed by atoms with E-state index in [1.165, 1.54) is 24.7 Å². The van der Waals surface area contributed by atoms with Crippen molar-refractivity contribution in [2.45, 2.75) is 38.7 Å². The van der Waals surface area contributed by atoms with Crippen molar-refractivity contribution >= 4 is 50.1 Å². The van der Waals surface area contributed by atoms with Gasteiger partial charge in [0.05, 0.1) is 35.9 Å². The van der Waals surface area contributed by atoms with Crippen molar-refractivity contribution in [3.8, 4) is 5.75 Å². The maximum atomic E-state index is 12.6. The molecule has 0 aliphatic heterocycles. The Morgan fingerprint density at radius 3 is 3.03 bits per heavy atom. The molecule has 0 saturated heterocycles. The Morgan fingerprint density at radius 1 is 1.37 bits per heavy atom. The van der Waals surface area contributed by atoms with E-state index in [0.717, 1.165) is 42.1 Å². The molecular formula is C23H24F2N6O3S. The summed E-state index contributed by atoms with van der Waals surface area (Å²) in [5.74, 6) is 1.35. The first-order chi connectivity index (χ1) is 16.9. The smallest absolute Gasteiger partial charge is 0.409 e. The van der Waals surface area contributed by atoms with Crippen LogP contribution in [0.2, 0.25) is 0 Å². The second-order valence-electron chi connectivity index (χ2n) is 8.29. The molecule has 2 N–H and O–H groups in total. The Balaban J connectivity index is 1.41. The summed E-state index contributed by atoms with van der Waals surface area (Å²) < 4.78 is 36.5. The number of anilines is 2. The van der Waals surface area contributed by atoms with Crippen LogP contribution in [0.15, 0.2) is 24.7 Å². The van der Waals surface area contributed by atoms with E-state index in [1.54, 1.807) is 6.20 Å². The van der Waals surface area contributed by atoms with Crippen LogP contribution in [0.3, 0.4) is 0 Å². The molecule has 4 aromatic rings. The van der Waals surface area contributed by atoms with Gasteiger partial charge in [-0.25, -0.2) is 23.5 Å². The predicted octanol–water partition coefficient (Wildman–Crippen LogP) is 4.90. The van der Waals surface area contributed by atoms with Crippen molar-refractivity contribution in [3.05, 3.63) is 35.1 Å². The first-order valence-electron chi connectivity index (χ1n) is 11.2. The van der Waals surface area contributed by atoms with Gasteiger partial charge in [-0.2, -0.15) is 5.10 Å². The lowest BCUT2D eigenvalue weighted by Crippen LogP contribution is -2.36. The molecule has 0 radical (unpaired) electrons. The number of aryl methyl sites for hydroxylation is 1. The van der Waals surface area contributed by atoms with Crippen LogP contribution in [-0.2, 0) is 17.6 Å². The Hall–Kier alpha value is -3.54. The second kappa shape index (κ2) is 9.61. The summed E-state index contributed by atoms with van der Waals surface area (Å²) in [5.41, 5.74) is 2.76. The van der Waals surface area contributed by atoms with Crippen molar-refractivity contribution in [1.29, 1.82) is 0 Å². The van der Waals surface area contributed by atoms with E-state index in [1.807, 2.05) is 19.1 Å². The molecule has 0 saturated carbocycles. The third-order valence-electron chi connectivity index (χ3n) is 5.88. The van der Waals surface area contributed by atoms with Crippen molar-refractivity contribution in [3.63, 3.8) is 0 Å². The molecule has 0 fully saturated rings. The fraction of sp³-hybridized carbons (Fsp3) is 0.391. The maximum Gasteiger partial charge on any atom is 0.409 e. The molecule has 12 heteroatoms. The van der Waals surface area contributed by atoms with E-state index in [2.05, 4.69) is 25.5 Å². The number of alkyl halides is 2. The third kappa shape index (κ3) is 4.70. The second-order valence-corrected chi connectivity index (χ2v) is 9.37. The van der Waals surface area contributed by atoms with Crippen molar-refractivity contribution in [2.75, 3.05) is 25.5 Å². The number of nitrogens with one attached hydrogen (secondary N) is 2. The van der Waals surface area contributed by atoms with E-state index in [9.17, 15) is 13.6 Å². The molecular weight excluding hydrogens is 478 g/mol. The van der Waals surface area contributed by atoms with Crippen LogP contribution in [0.25, 0.3) is 21.1 Å². The number of thiophene rings is 1. The van der Waals surface area contributed by atoms with Crippen molar-refractivity contribution < 1.29 is 23.0 Å². The highest BCUT2D eigenvalue weighted by atomic mass is 32.1. The van der Waals surface area contributed by atoms with E-state index in [0.29, 0.717) is 37.4 Å². The van der Waals surface area contributed by atoms with E-state index < -0.39 is 19.1 Å². The van der Waals surface area contributed by atoms with Gasteiger partial charge in [-0.05, 0) is 31.4 Å². The molecule has 5 rings (SSSR count). The topological polar surface area (TPSA) is 105 Å². The number of benzene rings is 1. The molecule has 1 aliphatic rings. The van der Waals surface area contributed by atoms with Gasteiger partial charge in [0.1, 0.15) is 28.8 Å². The zero-order valence-electron chi connectivity index (χ0n) is 19.2. The zero-order chi connectivity index (χ0) is 24.5. The molecule has 0 spiro atoms. The van der Waals surface area contributed by atoms with Gasteiger partial charge in [0, 0.05) is 29.8 Å². The summed E-state index contributed by atoms with van der Waals surface area (Å²) in [4.78, 5) is 23.9. The van der Waals surface area contributed by atoms with Crippen LogP contribution < -0.4 is 10.1 Å². The highest BCUT2D eigenvalue weighted by Crippen LogP contribution is 2.41. The number of amides is 1. The first-order valence-corrected chi connectivity index (χ1v) is 12.1. The normalized spacial score (nSPS) is 15.4. The number of carbonyl (C=O) groups is 1. The van der Waals surface area contributed by atoms with Crippen LogP contribution in [0, 0.1) is 0 Å². The minimum atomic E-state index is -2.60. The van der Waals surface area contributed by atoms with E-state index in [4.69, 9.17) is 9.47 Å². The van der Waals surface area contributed by atoms with E-state index >= 15 is 0 Å². The highest BCUT2D eigenvalue weighted by molar-refractivity contribution is 7.19. The average molecular weight is 503 g/mol. The Kier molecular flexibility index (Phi) is 6.37. The lowest BCUT2D eigenvalue weighted by Gasteiger charge is -2.25. The highest BCUT2D eigenvalue weighted by Gasteiger charge is 2.29. The fourth-order valence-corrected chi connectivity index (χ4v) is 5.51. The van der Waals surface area contributed by atoms with Crippen LogP contribution in [-0.4, -0.2) is 63.9 Å². The van der Waals surface area contributed by atoms with Crippen LogP contribution in [0.5, 0.6) is 5.75 Å². The summed E-state index contributed by atoms with van der Waals surface area (Å²) in [6, 6.07) is 3.86. The fourth-order valence-electron chi connectivity index (χ4n) is 4.26. The van der Waals surface area contributed by atoms with Gasteiger partial charge in [0.2, 0.25) is 0 Å². The summed E-state index contributed by atoms with van der Waals surface area (Å²) in [6.07, 6.45) is 1.31. The minimum absolute atomic E-state index is 0.374. The lowest BCUT2D eigenvalue weighted by molar-refractivity contribution is 0.0425. The Morgan fingerprint density at radius 2 is 2.23 bits per heavy atom. The number of fused-ring (bicyclic) bond motifs is 4. The van der Waals surface area contributed by atoms with Gasteiger partial charge in [-0.3, -0.25) is 5.10 Å². The summed E-state index contributed by atoms with van der Waals surface area (Å²) in [6.45, 7) is 1.78. The molecule has 0 bridgehead atoms. The summed E-state index contributed by atoms with van der Waals surface area (Å²) in [5, 5.41) is 12.3. The largest absolute Gasteiger partial charge is 0.492 e. The third-order valence-corrected chi connectivity index (χ3v) is 7.05. The van der Waals surface area contributed by atoms with Crippen LogP contribution >= 0.6 is 11.3 Å². The number of H-pyrrole nitrogens is 1. The molecule has 1 aliphatic carbocycles. The van der Waals surface area contributed by atoms with Crippen LogP contribution in [0.1, 0.15) is 23.8 Å². The number of hydrogen-bond acceptors (Lipinski definition) is 8. The monoisotopic (exact) mass is 502 g/mol. The van der Waals surface area contributed by atoms with Crippen LogP contribution in [0.4, 0.5) is 25.1 Å². The minimum Gasteiger partial charge on any atom is -0.492 e. The molecule has 9 nitrogen and oxygen atoms in total. The molecule has 35 heavy (non-hydrogen) atoms. The molecule has 1 aromatic carbocycles. The van der Waals surface area contributed by atoms with Gasteiger partial charge in [0.15, 0.2) is 0 Å². The molecule has 1 unspecified atom stereocenters. The van der Waals surface area contributed by atoms with Crippen molar-refractivity contribution in [1.82, 2.24) is 25.1 Å². The molecule has 184 valence electrons. The number of ether oxygens (including phenoxy) is 2. The number of hydrogen-bond donors (Lipinski definition) is 2. The number of carbonyl (C=O) groups excluding carboxylic acids is 1. The number of halogens is 2. The number of aromatic nitrogens is 4. The van der Waals surface area contributed by atoms with Gasteiger partial charge in [-0.15, -0.1) is 11.3 Å². The standard InChI is InChI=1S/C23H24F2N6O3S/c1-3-33-17-8-15-12(9-28-30-15)6-16(17)29-21-20-14-5-4-13(34-23(32)31(2)10-19(24)25)7-18(14)35-22(20)27-11-26-21/h6,8-9,11,13,19H,3-5,7,10H2,1-2H3,(H,28,30)(H,26,27,29). The van der Waals surface area contributed by atoms with Gasteiger partial charge in [-0.1, -0.05) is 0 Å². The quantitative estimate of drug-likeness (QED) is 0.370. The number of nitrogens with zero attached hydrogens (tertiary/aromatic N) is 4. The van der Waals surface area contributed by atoms with Gasteiger partial charge >= 0.3 is 6.09 Å². The SMILES string of the molecule is CCOc1cc2[nH]ncc2cc1Nc1ncnc2sc3c(c12)CCC(OC(=O)N(C)CC(F)F)C3.